The van der Waals surface area contributed by atoms with Crippen molar-refractivity contribution >= 4 is 5.91 Å². The average Bonchev–Trinajstić information content (AvgIpc) is 3.21. The van der Waals surface area contributed by atoms with Crippen molar-refractivity contribution in [3.63, 3.8) is 0 Å². The molecule has 1 atom stereocenters. The maximum absolute atomic E-state index is 12.6. The van der Waals surface area contributed by atoms with Crippen LogP contribution < -0.4 is 5.32 Å². The van der Waals surface area contributed by atoms with Gasteiger partial charge >= 0.3 is 0 Å². The molecule has 0 bridgehead atoms. The number of benzene rings is 2. The number of phenolic OH excluding ortho intramolecular Hbond substituents is 1. The van der Waals surface area contributed by atoms with Gasteiger partial charge in [0.05, 0.1) is 6.54 Å². The first kappa shape index (κ1) is 21.8. The molecule has 2 aromatic rings. The van der Waals surface area contributed by atoms with E-state index in [0.29, 0.717) is 12.3 Å². The lowest BCUT2D eigenvalue weighted by Gasteiger charge is -2.31. The lowest BCUT2D eigenvalue weighted by Crippen LogP contribution is -2.45. The van der Waals surface area contributed by atoms with Crippen LogP contribution in [0.1, 0.15) is 36.8 Å². The summed E-state index contributed by atoms with van der Waals surface area (Å²) >= 11 is 0. The van der Waals surface area contributed by atoms with E-state index in [-0.39, 0.29) is 11.9 Å². The van der Waals surface area contributed by atoms with E-state index in [1.54, 1.807) is 12.1 Å². The second-order valence-electron chi connectivity index (χ2n) is 9.20. The number of carbonyl (C=O) groups excluding carboxylic acids is 1. The third-order valence-corrected chi connectivity index (χ3v) is 6.74. The minimum Gasteiger partial charge on any atom is -0.508 e. The highest BCUT2D eigenvalue weighted by molar-refractivity contribution is 5.78. The number of aromatic hydroxyl groups is 1. The fourth-order valence-corrected chi connectivity index (χ4v) is 4.88. The molecule has 5 heteroatoms. The quantitative estimate of drug-likeness (QED) is 0.686. The van der Waals surface area contributed by atoms with Gasteiger partial charge in [-0.2, -0.15) is 0 Å². The van der Waals surface area contributed by atoms with Gasteiger partial charge in [-0.1, -0.05) is 42.5 Å². The monoisotopic (exact) mass is 421 g/mol. The van der Waals surface area contributed by atoms with Crippen molar-refractivity contribution in [3.05, 3.63) is 65.7 Å². The number of amides is 1. The van der Waals surface area contributed by atoms with Crippen molar-refractivity contribution in [2.45, 2.75) is 44.7 Å². The van der Waals surface area contributed by atoms with Crippen molar-refractivity contribution in [1.29, 1.82) is 0 Å². The molecule has 0 spiro atoms. The first-order chi connectivity index (χ1) is 15.1. The number of hydrogen-bond acceptors (Lipinski definition) is 4. The lowest BCUT2D eigenvalue weighted by molar-refractivity contribution is -0.123. The van der Waals surface area contributed by atoms with Crippen LogP contribution in [-0.4, -0.2) is 59.6 Å². The SMILES string of the molecule is O=C(CN1CCC(CCc2ccc(O)cc2)CC1)N[C@H]1CCN(Cc2ccccc2)C1. The highest BCUT2D eigenvalue weighted by Crippen LogP contribution is 2.23. The van der Waals surface area contributed by atoms with Gasteiger partial charge in [-0.15, -0.1) is 0 Å². The van der Waals surface area contributed by atoms with Crippen LogP contribution in [0.2, 0.25) is 0 Å². The van der Waals surface area contributed by atoms with E-state index in [0.717, 1.165) is 51.5 Å². The number of phenols is 1. The third-order valence-electron chi connectivity index (χ3n) is 6.74. The van der Waals surface area contributed by atoms with Gasteiger partial charge < -0.3 is 10.4 Å². The molecule has 2 saturated heterocycles. The Morgan fingerprint density at radius 3 is 2.35 bits per heavy atom. The zero-order valence-electron chi connectivity index (χ0n) is 18.4. The topological polar surface area (TPSA) is 55.8 Å². The Labute approximate surface area is 186 Å². The van der Waals surface area contributed by atoms with Gasteiger partial charge in [0, 0.05) is 25.7 Å². The van der Waals surface area contributed by atoms with Gasteiger partial charge in [-0.25, -0.2) is 0 Å². The second kappa shape index (κ2) is 10.8. The van der Waals surface area contributed by atoms with Crippen molar-refractivity contribution < 1.29 is 9.90 Å². The first-order valence-corrected chi connectivity index (χ1v) is 11.7. The number of piperidine rings is 1. The fourth-order valence-electron chi connectivity index (χ4n) is 4.88. The van der Waals surface area contributed by atoms with Crippen LogP contribution in [0, 0.1) is 5.92 Å². The summed E-state index contributed by atoms with van der Waals surface area (Å²) in [5.74, 6) is 1.24. The van der Waals surface area contributed by atoms with E-state index in [1.807, 2.05) is 12.1 Å². The van der Waals surface area contributed by atoms with Crippen LogP contribution in [0.4, 0.5) is 0 Å². The molecule has 0 saturated carbocycles. The zero-order valence-corrected chi connectivity index (χ0v) is 18.4. The minimum atomic E-state index is 0.175. The molecule has 31 heavy (non-hydrogen) atoms. The van der Waals surface area contributed by atoms with Gasteiger partial charge in [0.15, 0.2) is 0 Å². The highest BCUT2D eigenvalue weighted by atomic mass is 16.3. The van der Waals surface area contributed by atoms with Crippen molar-refractivity contribution in [3.8, 4) is 5.75 Å². The smallest absolute Gasteiger partial charge is 0.234 e. The molecule has 5 nitrogen and oxygen atoms in total. The number of nitrogens with zero attached hydrogens (tertiary/aromatic N) is 2. The largest absolute Gasteiger partial charge is 0.508 e. The van der Waals surface area contributed by atoms with Gasteiger partial charge in [0.1, 0.15) is 5.75 Å². The van der Waals surface area contributed by atoms with E-state index in [9.17, 15) is 9.90 Å². The minimum absolute atomic E-state index is 0.175. The van der Waals surface area contributed by atoms with Crippen LogP contribution >= 0.6 is 0 Å². The number of rotatable bonds is 8. The number of nitrogens with one attached hydrogen (secondary N) is 1. The van der Waals surface area contributed by atoms with Crippen LogP contribution in [0.15, 0.2) is 54.6 Å². The van der Waals surface area contributed by atoms with Crippen molar-refractivity contribution in [2.24, 2.45) is 5.92 Å². The lowest BCUT2D eigenvalue weighted by atomic mass is 9.90. The summed E-state index contributed by atoms with van der Waals surface area (Å²) in [6, 6.07) is 18.4. The Morgan fingerprint density at radius 1 is 0.903 bits per heavy atom. The van der Waals surface area contributed by atoms with Crippen LogP contribution in [-0.2, 0) is 17.8 Å². The number of carbonyl (C=O) groups is 1. The van der Waals surface area contributed by atoms with E-state index in [4.69, 9.17) is 0 Å². The summed E-state index contributed by atoms with van der Waals surface area (Å²) in [5, 5.41) is 12.7. The molecule has 0 aromatic heterocycles. The summed E-state index contributed by atoms with van der Waals surface area (Å²) in [5.41, 5.74) is 2.63. The number of likely N-dealkylation sites (tertiary alicyclic amines) is 2. The van der Waals surface area contributed by atoms with E-state index in [1.165, 1.54) is 30.4 Å². The zero-order chi connectivity index (χ0) is 21.5. The van der Waals surface area contributed by atoms with E-state index >= 15 is 0 Å². The summed E-state index contributed by atoms with van der Waals surface area (Å²) in [7, 11) is 0. The molecule has 1 amide bonds. The van der Waals surface area contributed by atoms with Crippen LogP contribution in [0.5, 0.6) is 5.75 Å². The maximum atomic E-state index is 12.6. The van der Waals surface area contributed by atoms with Gasteiger partial charge in [-0.3, -0.25) is 14.6 Å². The predicted molar refractivity (Wildman–Crippen MR) is 124 cm³/mol. The molecular formula is C26H35N3O2. The number of hydrogen-bond donors (Lipinski definition) is 2. The maximum Gasteiger partial charge on any atom is 0.234 e. The Hall–Kier alpha value is -2.37. The summed E-state index contributed by atoms with van der Waals surface area (Å²) < 4.78 is 0. The molecule has 2 aromatic carbocycles. The van der Waals surface area contributed by atoms with Crippen molar-refractivity contribution in [2.75, 3.05) is 32.7 Å². The van der Waals surface area contributed by atoms with E-state index in [2.05, 4.69) is 45.4 Å². The second-order valence-corrected chi connectivity index (χ2v) is 9.20. The highest BCUT2D eigenvalue weighted by Gasteiger charge is 2.25. The Morgan fingerprint density at radius 2 is 1.61 bits per heavy atom. The normalized spacial score (nSPS) is 20.7. The Bertz CT molecular complexity index is 816. The molecule has 0 unspecified atom stereocenters. The first-order valence-electron chi connectivity index (χ1n) is 11.7. The Balaban J connectivity index is 1.12. The molecule has 0 radical (unpaired) electrons. The Kier molecular flexibility index (Phi) is 7.60. The molecule has 2 N–H and O–H groups in total. The molecule has 2 aliphatic rings. The van der Waals surface area contributed by atoms with E-state index < -0.39 is 0 Å². The molecule has 2 heterocycles. The van der Waals surface area contributed by atoms with Gasteiger partial charge in [0.2, 0.25) is 5.91 Å². The summed E-state index contributed by atoms with van der Waals surface area (Å²) in [6.45, 7) is 5.51. The molecule has 4 rings (SSSR count). The van der Waals surface area contributed by atoms with Gasteiger partial charge in [-0.05, 0) is 74.4 Å². The summed E-state index contributed by atoms with van der Waals surface area (Å²) in [4.78, 5) is 17.3. The summed E-state index contributed by atoms with van der Waals surface area (Å²) in [6.07, 6.45) is 5.62. The molecular weight excluding hydrogens is 386 g/mol. The molecule has 2 aliphatic heterocycles. The predicted octanol–water partition coefficient (Wildman–Crippen LogP) is 3.43. The standard InChI is InChI=1S/C26H35N3O2/c30-25-10-8-21(9-11-25)6-7-22-12-15-28(16-13-22)20-26(31)27-24-14-17-29(19-24)18-23-4-2-1-3-5-23/h1-5,8-11,22,24,30H,6-7,12-20H2,(H,27,31)/t24-/m0/s1. The molecule has 166 valence electrons. The number of aryl methyl sites for hydroxylation is 1. The average molecular weight is 422 g/mol. The molecule has 2 fully saturated rings. The molecule has 0 aliphatic carbocycles. The third kappa shape index (κ3) is 6.81. The van der Waals surface area contributed by atoms with Crippen LogP contribution in [0.25, 0.3) is 0 Å². The van der Waals surface area contributed by atoms with Crippen LogP contribution in [0.3, 0.4) is 0 Å². The van der Waals surface area contributed by atoms with Gasteiger partial charge in [0.25, 0.3) is 0 Å². The van der Waals surface area contributed by atoms with Crippen molar-refractivity contribution in [1.82, 2.24) is 15.1 Å². The fraction of sp³-hybridized carbons (Fsp3) is 0.500.